The van der Waals surface area contributed by atoms with Crippen molar-refractivity contribution in [1.82, 2.24) is 4.98 Å². The first-order valence-electron chi connectivity index (χ1n) is 5.01. The monoisotopic (exact) mass is 270 g/mol. The van der Waals surface area contributed by atoms with E-state index in [0.717, 1.165) is 29.6 Å². The van der Waals surface area contributed by atoms with Crippen LogP contribution in [0.4, 0.5) is 5.69 Å². The highest BCUT2D eigenvalue weighted by molar-refractivity contribution is 9.09. The number of aromatic nitrogens is 1. The fourth-order valence-electron chi connectivity index (χ4n) is 1.21. The number of carbonyl (C=O) groups is 1. The minimum atomic E-state index is 0.0621. The van der Waals surface area contributed by atoms with Gasteiger partial charge < -0.3 is 5.32 Å². The molecule has 0 aromatic carbocycles. The fraction of sp³-hybridized carbons (Fsp3) is 0.455. The lowest BCUT2D eigenvalue weighted by Crippen LogP contribution is -2.12. The van der Waals surface area contributed by atoms with Crippen LogP contribution >= 0.6 is 15.9 Å². The quantitative estimate of drug-likeness (QED) is 0.661. The van der Waals surface area contributed by atoms with Crippen molar-refractivity contribution in [1.29, 1.82) is 0 Å². The molecule has 0 atom stereocenters. The van der Waals surface area contributed by atoms with E-state index in [2.05, 4.69) is 26.2 Å². The van der Waals surface area contributed by atoms with Gasteiger partial charge in [0.15, 0.2) is 0 Å². The molecule has 0 radical (unpaired) electrons. The lowest BCUT2D eigenvalue weighted by atomic mass is 10.2. The number of anilines is 1. The molecule has 0 saturated heterocycles. The van der Waals surface area contributed by atoms with Crippen molar-refractivity contribution in [3.8, 4) is 0 Å². The number of rotatable bonds is 5. The fourth-order valence-corrected chi connectivity index (χ4v) is 1.61. The number of aryl methyl sites for hydroxylation is 1. The van der Waals surface area contributed by atoms with Gasteiger partial charge in [-0.3, -0.25) is 9.78 Å². The molecular formula is C11H15BrN2O. The van der Waals surface area contributed by atoms with Crippen LogP contribution in [0.2, 0.25) is 0 Å². The number of halogens is 1. The molecule has 0 aliphatic carbocycles. The van der Waals surface area contributed by atoms with Gasteiger partial charge in [-0.15, -0.1) is 0 Å². The molecule has 3 nitrogen and oxygen atoms in total. The second-order valence-electron chi connectivity index (χ2n) is 3.33. The molecule has 1 heterocycles. The molecule has 0 aliphatic rings. The zero-order valence-corrected chi connectivity index (χ0v) is 10.4. The van der Waals surface area contributed by atoms with Gasteiger partial charge in [0.1, 0.15) is 0 Å². The van der Waals surface area contributed by atoms with Crippen LogP contribution in [0.25, 0.3) is 0 Å². The third-order valence-electron chi connectivity index (χ3n) is 2.07. The number of hydrogen-bond donors (Lipinski definition) is 1. The van der Waals surface area contributed by atoms with E-state index < -0.39 is 0 Å². The lowest BCUT2D eigenvalue weighted by molar-refractivity contribution is -0.116. The summed E-state index contributed by atoms with van der Waals surface area (Å²) in [7, 11) is 0. The number of nitrogens with zero attached hydrogens (tertiary/aromatic N) is 1. The lowest BCUT2D eigenvalue weighted by Gasteiger charge is -2.06. The van der Waals surface area contributed by atoms with Crippen LogP contribution in [0.3, 0.4) is 0 Å². The van der Waals surface area contributed by atoms with E-state index in [4.69, 9.17) is 0 Å². The van der Waals surface area contributed by atoms with Crippen LogP contribution in [-0.2, 0) is 4.79 Å². The molecule has 15 heavy (non-hydrogen) atoms. The summed E-state index contributed by atoms with van der Waals surface area (Å²) in [6, 6.07) is 3.69. The Morgan fingerprint density at radius 2 is 2.33 bits per heavy atom. The number of unbranched alkanes of at least 4 members (excludes halogenated alkanes) is 1. The van der Waals surface area contributed by atoms with Gasteiger partial charge in [0.05, 0.1) is 11.4 Å². The maximum atomic E-state index is 11.5. The predicted octanol–water partition coefficient (Wildman–Crippen LogP) is 2.89. The Morgan fingerprint density at radius 3 is 3.00 bits per heavy atom. The Labute approximate surface area is 98.4 Å². The van der Waals surface area contributed by atoms with E-state index in [1.165, 1.54) is 0 Å². The van der Waals surface area contributed by atoms with Gasteiger partial charge in [-0.25, -0.2) is 0 Å². The molecule has 0 unspecified atom stereocenters. The van der Waals surface area contributed by atoms with Crippen molar-refractivity contribution in [3.05, 3.63) is 24.0 Å². The number of alkyl halides is 1. The molecule has 82 valence electrons. The van der Waals surface area contributed by atoms with E-state index in [0.29, 0.717) is 6.42 Å². The SMILES string of the molecule is Cc1ncccc1NC(=O)CCCCBr. The van der Waals surface area contributed by atoms with Gasteiger partial charge in [0, 0.05) is 17.9 Å². The smallest absolute Gasteiger partial charge is 0.224 e. The first-order valence-corrected chi connectivity index (χ1v) is 6.13. The zero-order chi connectivity index (χ0) is 11.1. The molecule has 1 aromatic rings. The zero-order valence-electron chi connectivity index (χ0n) is 8.79. The van der Waals surface area contributed by atoms with E-state index in [9.17, 15) is 4.79 Å². The highest BCUT2D eigenvalue weighted by Crippen LogP contribution is 2.11. The Morgan fingerprint density at radius 1 is 1.53 bits per heavy atom. The van der Waals surface area contributed by atoms with Crippen molar-refractivity contribution in [2.45, 2.75) is 26.2 Å². The van der Waals surface area contributed by atoms with Crippen LogP contribution in [0, 0.1) is 6.92 Å². The van der Waals surface area contributed by atoms with E-state index in [1.54, 1.807) is 6.20 Å². The van der Waals surface area contributed by atoms with Gasteiger partial charge in [-0.2, -0.15) is 0 Å². The highest BCUT2D eigenvalue weighted by atomic mass is 79.9. The first kappa shape index (κ1) is 12.2. The molecule has 1 amide bonds. The van der Waals surface area contributed by atoms with Crippen LogP contribution in [0.15, 0.2) is 18.3 Å². The first-order chi connectivity index (χ1) is 7.24. The number of pyridine rings is 1. The van der Waals surface area contributed by atoms with E-state index in [1.807, 2.05) is 19.1 Å². The minimum Gasteiger partial charge on any atom is -0.325 e. The third kappa shape index (κ3) is 4.42. The van der Waals surface area contributed by atoms with Crippen molar-refractivity contribution in [2.24, 2.45) is 0 Å². The normalized spacial score (nSPS) is 10.0. The summed E-state index contributed by atoms with van der Waals surface area (Å²) in [6.45, 7) is 1.88. The molecule has 0 saturated carbocycles. The maximum absolute atomic E-state index is 11.5. The molecule has 0 fully saturated rings. The van der Waals surface area contributed by atoms with Crippen molar-refractivity contribution >= 4 is 27.5 Å². The van der Waals surface area contributed by atoms with Crippen molar-refractivity contribution < 1.29 is 4.79 Å². The van der Waals surface area contributed by atoms with Gasteiger partial charge in [0.25, 0.3) is 0 Å². The summed E-state index contributed by atoms with van der Waals surface area (Å²) in [4.78, 5) is 15.6. The molecule has 0 spiro atoms. The molecule has 1 rings (SSSR count). The van der Waals surface area contributed by atoms with Gasteiger partial charge >= 0.3 is 0 Å². The van der Waals surface area contributed by atoms with Crippen molar-refractivity contribution in [3.63, 3.8) is 0 Å². The van der Waals surface area contributed by atoms with Crippen LogP contribution in [-0.4, -0.2) is 16.2 Å². The summed E-state index contributed by atoms with van der Waals surface area (Å²) in [5.74, 6) is 0.0621. The Balaban J connectivity index is 2.41. The number of amides is 1. The summed E-state index contributed by atoms with van der Waals surface area (Å²) < 4.78 is 0. The number of hydrogen-bond acceptors (Lipinski definition) is 2. The average molecular weight is 271 g/mol. The van der Waals surface area contributed by atoms with Gasteiger partial charge in [-0.1, -0.05) is 15.9 Å². The molecule has 1 N–H and O–H groups in total. The second kappa shape index (κ2) is 6.56. The van der Waals surface area contributed by atoms with Crippen LogP contribution in [0.5, 0.6) is 0 Å². The minimum absolute atomic E-state index is 0.0621. The molecule has 1 aromatic heterocycles. The summed E-state index contributed by atoms with van der Waals surface area (Å²) >= 11 is 3.34. The Hall–Kier alpha value is -0.900. The van der Waals surface area contributed by atoms with Crippen LogP contribution < -0.4 is 5.32 Å². The topological polar surface area (TPSA) is 42.0 Å². The Bertz CT molecular complexity index is 328. The predicted molar refractivity (Wildman–Crippen MR) is 65.2 cm³/mol. The average Bonchev–Trinajstić information content (AvgIpc) is 2.22. The second-order valence-corrected chi connectivity index (χ2v) is 4.12. The van der Waals surface area contributed by atoms with Crippen LogP contribution in [0.1, 0.15) is 25.0 Å². The summed E-state index contributed by atoms with van der Waals surface area (Å²) in [6.07, 6.45) is 4.23. The van der Waals surface area contributed by atoms with Gasteiger partial charge in [0.2, 0.25) is 5.91 Å². The highest BCUT2D eigenvalue weighted by Gasteiger charge is 2.03. The van der Waals surface area contributed by atoms with E-state index in [-0.39, 0.29) is 5.91 Å². The molecular weight excluding hydrogens is 256 g/mol. The van der Waals surface area contributed by atoms with Gasteiger partial charge in [-0.05, 0) is 31.9 Å². The van der Waals surface area contributed by atoms with E-state index >= 15 is 0 Å². The molecule has 0 aliphatic heterocycles. The summed E-state index contributed by atoms with van der Waals surface area (Å²) in [5.41, 5.74) is 1.66. The number of nitrogens with one attached hydrogen (secondary N) is 1. The molecule has 4 heteroatoms. The van der Waals surface area contributed by atoms with Crippen molar-refractivity contribution in [2.75, 3.05) is 10.6 Å². The summed E-state index contributed by atoms with van der Waals surface area (Å²) in [5, 5.41) is 3.80. The Kier molecular flexibility index (Phi) is 5.32. The standard InChI is InChI=1S/C11H15BrN2O/c1-9-10(5-4-8-13-9)14-11(15)6-2-3-7-12/h4-5,8H,2-3,6-7H2,1H3,(H,14,15). The third-order valence-corrected chi connectivity index (χ3v) is 2.63. The number of carbonyl (C=O) groups excluding carboxylic acids is 1. The largest absolute Gasteiger partial charge is 0.325 e. The maximum Gasteiger partial charge on any atom is 0.224 e. The molecule has 0 bridgehead atoms.